The molecule has 0 heterocycles. The Bertz CT molecular complexity index is 2060. The molecule has 0 spiro atoms. The van der Waals surface area contributed by atoms with Crippen LogP contribution in [0.3, 0.4) is 0 Å². The Morgan fingerprint density at radius 2 is 1.15 bits per heavy atom. The van der Waals surface area contributed by atoms with Gasteiger partial charge >= 0.3 is 0 Å². The first-order chi connectivity index (χ1) is 26.9. The molecule has 0 radical (unpaired) electrons. The Kier molecular flexibility index (Phi) is 9.40. The van der Waals surface area contributed by atoms with Gasteiger partial charge < -0.3 is 0 Å². The molecule has 55 heavy (non-hydrogen) atoms. The van der Waals surface area contributed by atoms with Gasteiger partial charge in [-0.1, -0.05) is 160 Å². The molecule has 3 fully saturated rings. The van der Waals surface area contributed by atoms with Crippen LogP contribution in [0.2, 0.25) is 0 Å². The number of rotatable bonds is 11. The zero-order valence-corrected chi connectivity index (χ0v) is 33.6. The van der Waals surface area contributed by atoms with Crippen LogP contribution in [0.15, 0.2) is 140 Å². The van der Waals surface area contributed by atoms with Crippen LogP contribution in [0.1, 0.15) is 128 Å². The standard InChI is InChI=1S/C55H62/c1-36-29-48-42-27-28-43(30-42)53(48)52(36)51-32-41-22-14-16-26-47(41)54(51)50-31-40-21-13-15-25-46(40)49(50)33-44(39-19-9-5-10-20-39)35-55(3,45-23-11-6-12-24-45)34-37(2)38-17-7-4-8-18-38/h4-26,36-37,42-44,48-54H,27-35H2,1-3H3. The van der Waals surface area contributed by atoms with Crippen molar-refractivity contribution in [1.82, 2.24) is 0 Å². The van der Waals surface area contributed by atoms with E-state index in [4.69, 9.17) is 0 Å². The van der Waals surface area contributed by atoms with Gasteiger partial charge in [-0.25, -0.2) is 0 Å². The summed E-state index contributed by atoms with van der Waals surface area (Å²) in [5, 5.41) is 0. The minimum absolute atomic E-state index is 0.0310. The Balaban J connectivity index is 1.04. The van der Waals surface area contributed by atoms with Gasteiger partial charge in [-0.2, -0.15) is 0 Å². The Labute approximate surface area is 332 Å². The second-order valence-corrected chi connectivity index (χ2v) is 19.6. The molecule has 0 amide bonds. The monoisotopic (exact) mass is 722 g/mol. The van der Waals surface area contributed by atoms with Gasteiger partial charge in [0.15, 0.2) is 0 Å². The van der Waals surface area contributed by atoms with Crippen molar-refractivity contribution in [2.24, 2.45) is 47.3 Å². The van der Waals surface area contributed by atoms with Crippen molar-refractivity contribution in [2.45, 2.75) is 108 Å². The molecule has 0 nitrogen and oxygen atoms in total. The first-order valence-corrected chi connectivity index (χ1v) is 22.3. The lowest BCUT2D eigenvalue weighted by Crippen LogP contribution is -2.35. The zero-order valence-electron chi connectivity index (χ0n) is 33.6. The molecule has 0 saturated heterocycles. The third kappa shape index (κ3) is 6.35. The summed E-state index contributed by atoms with van der Waals surface area (Å²) in [6, 6.07) is 54.0. The smallest absolute Gasteiger partial charge is 0.00637 e. The second kappa shape index (κ2) is 14.6. The molecule has 5 aliphatic carbocycles. The fourth-order valence-electron chi connectivity index (χ4n) is 14.7. The topological polar surface area (TPSA) is 0 Å². The Morgan fingerprint density at radius 1 is 0.564 bits per heavy atom. The average Bonchev–Trinajstić information content (AvgIpc) is 4.05. The van der Waals surface area contributed by atoms with Crippen molar-refractivity contribution in [3.05, 3.63) is 178 Å². The maximum Gasteiger partial charge on any atom is -0.00637 e. The molecule has 10 rings (SSSR count). The predicted octanol–water partition coefficient (Wildman–Crippen LogP) is 13.9. The van der Waals surface area contributed by atoms with Gasteiger partial charge in [-0.05, 0) is 173 Å². The lowest BCUT2D eigenvalue weighted by atomic mass is 9.62. The summed E-state index contributed by atoms with van der Waals surface area (Å²) in [5.41, 5.74) is 11.2. The van der Waals surface area contributed by atoms with E-state index < -0.39 is 0 Å². The first kappa shape index (κ1) is 35.5. The van der Waals surface area contributed by atoms with Crippen LogP contribution in [0.25, 0.3) is 0 Å². The Morgan fingerprint density at radius 3 is 1.87 bits per heavy atom. The lowest BCUT2D eigenvalue weighted by molar-refractivity contribution is 0.113. The highest BCUT2D eigenvalue weighted by Gasteiger charge is 2.60. The number of hydrogen-bond donors (Lipinski definition) is 0. The minimum atomic E-state index is 0.0310. The highest BCUT2D eigenvalue weighted by Crippen LogP contribution is 2.67. The van der Waals surface area contributed by atoms with Crippen LogP contribution >= 0.6 is 0 Å². The summed E-state index contributed by atoms with van der Waals surface area (Å²) in [7, 11) is 0. The van der Waals surface area contributed by atoms with Crippen LogP contribution in [0, 0.1) is 47.3 Å². The molecule has 282 valence electrons. The molecular weight excluding hydrogens is 661 g/mol. The summed E-state index contributed by atoms with van der Waals surface area (Å²) in [4.78, 5) is 0. The Hall–Kier alpha value is -3.90. The van der Waals surface area contributed by atoms with Gasteiger partial charge in [0.1, 0.15) is 0 Å². The zero-order chi connectivity index (χ0) is 37.1. The molecular formula is C55H62. The van der Waals surface area contributed by atoms with E-state index in [2.05, 4.69) is 160 Å². The number of fused-ring (bicyclic) bond motifs is 7. The number of benzene rings is 5. The molecule has 0 N–H and O–H groups in total. The fourth-order valence-corrected chi connectivity index (χ4v) is 14.7. The molecule has 13 unspecified atom stereocenters. The van der Waals surface area contributed by atoms with Gasteiger partial charge in [0.2, 0.25) is 0 Å². The van der Waals surface area contributed by atoms with Crippen molar-refractivity contribution in [2.75, 3.05) is 0 Å². The minimum Gasteiger partial charge on any atom is -0.0622 e. The fraction of sp³-hybridized carbons (Fsp3) is 0.455. The second-order valence-electron chi connectivity index (χ2n) is 19.6. The van der Waals surface area contributed by atoms with Gasteiger partial charge in [0.05, 0.1) is 0 Å². The lowest BCUT2D eigenvalue weighted by Gasteiger charge is -2.41. The van der Waals surface area contributed by atoms with Crippen LogP contribution < -0.4 is 0 Å². The van der Waals surface area contributed by atoms with E-state index in [1.54, 1.807) is 28.7 Å². The molecule has 5 aromatic carbocycles. The summed E-state index contributed by atoms with van der Waals surface area (Å²) >= 11 is 0. The van der Waals surface area contributed by atoms with E-state index >= 15 is 0 Å². The molecule has 3 saturated carbocycles. The van der Waals surface area contributed by atoms with Gasteiger partial charge in [-0.15, -0.1) is 0 Å². The summed E-state index contributed by atoms with van der Waals surface area (Å²) in [6.45, 7) is 7.73. The van der Waals surface area contributed by atoms with E-state index in [9.17, 15) is 0 Å². The summed E-state index contributed by atoms with van der Waals surface area (Å²) in [6.07, 6.45) is 12.1. The van der Waals surface area contributed by atoms with E-state index in [-0.39, 0.29) is 5.41 Å². The SMILES string of the molecule is CC(CC(C)(CC(CC1c2ccccc2CC1C1c2ccccc2CC1C1C(C)CC2C3CCC(C3)C21)c1ccccc1)c1ccccc1)c1ccccc1. The molecule has 5 aromatic rings. The van der Waals surface area contributed by atoms with Crippen molar-refractivity contribution in [3.8, 4) is 0 Å². The maximum absolute atomic E-state index is 2.68. The normalized spacial score (nSPS) is 32.4. The molecule has 0 aromatic heterocycles. The van der Waals surface area contributed by atoms with Crippen molar-refractivity contribution < 1.29 is 0 Å². The van der Waals surface area contributed by atoms with Gasteiger partial charge in [0, 0.05) is 0 Å². The number of hydrogen-bond acceptors (Lipinski definition) is 0. The van der Waals surface area contributed by atoms with Crippen LogP contribution in [0.5, 0.6) is 0 Å². The highest BCUT2D eigenvalue weighted by molar-refractivity contribution is 5.44. The molecule has 0 heteroatoms. The van der Waals surface area contributed by atoms with Crippen molar-refractivity contribution >= 4 is 0 Å². The predicted molar refractivity (Wildman–Crippen MR) is 230 cm³/mol. The van der Waals surface area contributed by atoms with Crippen molar-refractivity contribution in [1.29, 1.82) is 0 Å². The third-order valence-electron chi connectivity index (χ3n) is 16.7. The average molecular weight is 723 g/mol. The van der Waals surface area contributed by atoms with E-state index in [1.165, 1.54) is 55.2 Å². The molecule has 0 aliphatic heterocycles. The van der Waals surface area contributed by atoms with Crippen LogP contribution in [-0.2, 0) is 18.3 Å². The van der Waals surface area contributed by atoms with E-state index in [0.717, 1.165) is 54.3 Å². The van der Waals surface area contributed by atoms with Crippen LogP contribution in [-0.4, -0.2) is 0 Å². The molecule has 2 bridgehead atoms. The van der Waals surface area contributed by atoms with E-state index in [0.29, 0.717) is 29.6 Å². The summed E-state index contributed by atoms with van der Waals surface area (Å²) < 4.78 is 0. The highest BCUT2D eigenvalue weighted by atomic mass is 14.6. The third-order valence-corrected chi connectivity index (χ3v) is 16.7. The molecule has 5 aliphatic rings. The quantitative estimate of drug-likeness (QED) is 0.127. The summed E-state index contributed by atoms with van der Waals surface area (Å²) in [5.74, 6) is 9.33. The van der Waals surface area contributed by atoms with Crippen LogP contribution in [0.4, 0.5) is 0 Å². The van der Waals surface area contributed by atoms with Gasteiger partial charge in [0.25, 0.3) is 0 Å². The largest absolute Gasteiger partial charge is 0.0622 e. The van der Waals surface area contributed by atoms with Gasteiger partial charge in [-0.3, -0.25) is 0 Å². The maximum atomic E-state index is 2.68. The first-order valence-electron chi connectivity index (χ1n) is 22.3. The van der Waals surface area contributed by atoms with E-state index in [1.807, 2.05) is 0 Å². The molecule has 13 atom stereocenters. The van der Waals surface area contributed by atoms with Crippen molar-refractivity contribution in [3.63, 3.8) is 0 Å².